The van der Waals surface area contributed by atoms with Crippen LogP contribution < -0.4 is 4.74 Å². The molecule has 1 atom stereocenters. The summed E-state index contributed by atoms with van der Waals surface area (Å²) in [6.45, 7) is 3.22. The third-order valence-electron chi connectivity index (χ3n) is 7.80. The third kappa shape index (κ3) is 11.0. The molecule has 0 bridgehead atoms. The molecule has 1 aromatic heterocycles. The lowest BCUT2D eigenvalue weighted by atomic mass is 9.84. The van der Waals surface area contributed by atoms with Gasteiger partial charge in [0.2, 0.25) is 11.8 Å². The van der Waals surface area contributed by atoms with Crippen LogP contribution in [0.3, 0.4) is 0 Å². The second kappa shape index (κ2) is 18.5. The standard InChI is InChI=1S/C31H43N5O5S.2H2O/c1-4-23(37)12-7-5-6-11-22(19-27(38)25(32)20-31(39)14-16-36(42-3)17-15-31)28(33)41-29(34)24-18-21-10-8-9-13-26(21)35-30(24)40-2;;/h8-10,13,18,22,32-34,39H,4-7,11-12,14-17,19-20H2,1-3H3;2*1H2/t22-;;/m1../s1. The second-order valence-electron chi connectivity index (χ2n) is 10.8. The highest BCUT2D eigenvalue weighted by molar-refractivity contribution is 7.96. The number of methoxy groups -OCH3 is 1. The molecule has 1 saturated heterocycles. The monoisotopic (exact) mass is 633 g/mol. The fraction of sp³-hybridized carbons (Fsp3) is 0.548. The molecule has 13 heteroatoms. The van der Waals surface area contributed by atoms with Gasteiger partial charge in [-0.2, -0.15) is 0 Å². The molecule has 0 aliphatic carbocycles. The van der Waals surface area contributed by atoms with Gasteiger partial charge in [0.15, 0.2) is 11.7 Å². The minimum Gasteiger partial charge on any atom is -0.480 e. The van der Waals surface area contributed by atoms with Crippen LogP contribution in [0.4, 0.5) is 0 Å². The minimum absolute atomic E-state index is 0. The van der Waals surface area contributed by atoms with Crippen LogP contribution in [0, 0.1) is 22.1 Å². The molecule has 44 heavy (non-hydrogen) atoms. The van der Waals surface area contributed by atoms with Gasteiger partial charge in [-0.1, -0.05) is 49.9 Å². The summed E-state index contributed by atoms with van der Waals surface area (Å²) in [6.07, 6.45) is 6.41. The molecule has 2 heterocycles. The second-order valence-corrected chi connectivity index (χ2v) is 11.7. The van der Waals surface area contributed by atoms with Gasteiger partial charge in [-0.05, 0) is 44.1 Å². The molecule has 0 radical (unpaired) electrons. The first kappa shape index (κ1) is 38.8. The van der Waals surface area contributed by atoms with E-state index in [1.165, 1.54) is 7.11 Å². The maximum atomic E-state index is 13.2. The number of aromatic nitrogens is 1. The molecular formula is C31H47N5O7S. The lowest BCUT2D eigenvalue weighted by molar-refractivity contribution is -0.118. The highest BCUT2D eigenvalue weighted by Gasteiger charge is 2.35. The van der Waals surface area contributed by atoms with Crippen LogP contribution in [-0.4, -0.2) is 86.5 Å². The first-order valence-corrected chi connectivity index (χ1v) is 15.7. The van der Waals surface area contributed by atoms with E-state index in [9.17, 15) is 14.7 Å². The summed E-state index contributed by atoms with van der Waals surface area (Å²) in [4.78, 5) is 29.3. The van der Waals surface area contributed by atoms with Crippen molar-refractivity contribution < 1.29 is 35.1 Å². The van der Waals surface area contributed by atoms with Gasteiger partial charge in [0.25, 0.3) is 0 Å². The first-order chi connectivity index (χ1) is 20.1. The van der Waals surface area contributed by atoms with Crippen LogP contribution in [0.1, 0.15) is 76.7 Å². The number of nitrogens with zero attached hydrogens (tertiary/aromatic N) is 2. The summed E-state index contributed by atoms with van der Waals surface area (Å²) in [5.41, 5.74) is -0.260. The molecule has 0 unspecified atom stereocenters. The number of benzene rings is 1. The molecule has 244 valence electrons. The summed E-state index contributed by atoms with van der Waals surface area (Å²) in [5, 5.41) is 37.6. The van der Waals surface area contributed by atoms with Crippen molar-refractivity contribution >= 4 is 51.9 Å². The number of carbonyl (C=O) groups excluding carboxylic acids is 2. The van der Waals surface area contributed by atoms with Gasteiger partial charge < -0.3 is 30.9 Å². The Balaban J connectivity index is 0.00000484. The van der Waals surface area contributed by atoms with Crippen molar-refractivity contribution in [3.63, 3.8) is 0 Å². The van der Waals surface area contributed by atoms with Gasteiger partial charge in [0.1, 0.15) is 5.78 Å². The molecule has 12 nitrogen and oxygen atoms in total. The highest BCUT2D eigenvalue weighted by atomic mass is 32.2. The zero-order chi connectivity index (χ0) is 30.7. The predicted octanol–water partition coefficient (Wildman–Crippen LogP) is 3.93. The first-order valence-electron chi connectivity index (χ1n) is 14.5. The number of nitrogens with one attached hydrogen (secondary N) is 3. The van der Waals surface area contributed by atoms with E-state index >= 15 is 0 Å². The van der Waals surface area contributed by atoms with Crippen molar-refractivity contribution in [2.45, 2.75) is 76.7 Å². The predicted molar refractivity (Wildman–Crippen MR) is 174 cm³/mol. The molecule has 0 amide bonds. The fourth-order valence-corrected chi connectivity index (χ4v) is 5.64. The SMILES string of the molecule is CCC(=O)CCCCC[C@H](CC(=O)C(=N)CC1(O)CCN(SC)CC1)C(=N)OC(=N)c1cc2ccccc2nc1OC.O.O. The molecule has 0 spiro atoms. The lowest BCUT2D eigenvalue weighted by Gasteiger charge is -2.37. The normalized spacial score (nSPS) is 14.9. The lowest BCUT2D eigenvalue weighted by Crippen LogP contribution is -2.44. The van der Waals surface area contributed by atoms with E-state index in [0.717, 1.165) is 18.2 Å². The van der Waals surface area contributed by atoms with Crippen LogP contribution >= 0.6 is 11.9 Å². The Morgan fingerprint density at radius 1 is 1.11 bits per heavy atom. The van der Waals surface area contributed by atoms with Crippen molar-refractivity contribution in [2.24, 2.45) is 5.92 Å². The maximum Gasteiger partial charge on any atom is 0.226 e. The molecule has 2 aromatic rings. The number of ketones is 2. The number of carbonyl (C=O) groups is 2. The summed E-state index contributed by atoms with van der Waals surface area (Å²) in [5.74, 6) is -1.25. The molecule has 3 rings (SSSR count). The maximum absolute atomic E-state index is 13.2. The highest BCUT2D eigenvalue weighted by Crippen LogP contribution is 2.29. The third-order valence-corrected chi connectivity index (χ3v) is 8.68. The number of unbranched alkanes of at least 4 members (excludes halogenated alkanes) is 2. The molecule has 1 fully saturated rings. The number of Topliss-reactive ketones (excluding diaryl/α,β-unsaturated/α-hetero) is 2. The Labute approximate surface area is 263 Å². The van der Waals surface area contributed by atoms with Crippen molar-refractivity contribution in [1.82, 2.24) is 9.29 Å². The average Bonchev–Trinajstić information content (AvgIpc) is 2.99. The Hall–Kier alpha value is -3.23. The van der Waals surface area contributed by atoms with E-state index in [2.05, 4.69) is 9.29 Å². The number of hydrogen-bond acceptors (Lipinski definition) is 11. The zero-order valence-corrected chi connectivity index (χ0v) is 26.6. The molecule has 1 aliphatic heterocycles. The van der Waals surface area contributed by atoms with Crippen LogP contribution in [0.5, 0.6) is 5.88 Å². The van der Waals surface area contributed by atoms with Crippen LogP contribution in [0.2, 0.25) is 0 Å². The fourth-order valence-electron chi connectivity index (χ4n) is 5.09. The van der Waals surface area contributed by atoms with E-state index in [1.54, 1.807) is 18.0 Å². The van der Waals surface area contributed by atoms with Crippen LogP contribution in [0.25, 0.3) is 10.9 Å². The van der Waals surface area contributed by atoms with E-state index < -0.39 is 17.3 Å². The number of fused-ring (bicyclic) bond motifs is 1. The summed E-state index contributed by atoms with van der Waals surface area (Å²) >= 11 is 1.62. The van der Waals surface area contributed by atoms with Gasteiger partial charge in [0.05, 0.1) is 29.5 Å². The Morgan fingerprint density at radius 3 is 2.43 bits per heavy atom. The van der Waals surface area contributed by atoms with E-state index in [-0.39, 0.29) is 58.5 Å². The molecule has 0 saturated carbocycles. The van der Waals surface area contributed by atoms with Gasteiger partial charge >= 0.3 is 0 Å². The van der Waals surface area contributed by atoms with Gasteiger partial charge in [-0.25, -0.2) is 4.98 Å². The average molecular weight is 634 g/mol. The molecule has 1 aromatic carbocycles. The number of aliphatic hydroxyl groups is 1. The van der Waals surface area contributed by atoms with Crippen LogP contribution in [-0.2, 0) is 14.3 Å². The van der Waals surface area contributed by atoms with E-state index in [1.807, 2.05) is 37.4 Å². The van der Waals surface area contributed by atoms with Crippen molar-refractivity contribution in [3.05, 3.63) is 35.9 Å². The van der Waals surface area contributed by atoms with Crippen molar-refractivity contribution in [1.29, 1.82) is 16.2 Å². The Bertz CT molecular complexity index is 1300. The van der Waals surface area contributed by atoms with Crippen LogP contribution in [0.15, 0.2) is 30.3 Å². The Morgan fingerprint density at radius 2 is 1.80 bits per heavy atom. The topological polar surface area (TPSA) is 224 Å². The number of hydrogen-bond donors (Lipinski definition) is 4. The van der Waals surface area contributed by atoms with E-state index in [4.69, 9.17) is 25.7 Å². The quantitative estimate of drug-likeness (QED) is 0.0914. The smallest absolute Gasteiger partial charge is 0.226 e. The number of rotatable bonds is 16. The molecule has 8 N–H and O–H groups in total. The van der Waals surface area contributed by atoms with Crippen molar-refractivity contribution in [3.8, 4) is 5.88 Å². The van der Waals surface area contributed by atoms with E-state index in [0.29, 0.717) is 57.1 Å². The summed E-state index contributed by atoms with van der Waals surface area (Å²) < 4.78 is 13.2. The minimum atomic E-state index is -1.09. The summed E-state index contributed by atoms with van der Waals surface area (Å²) in [6, 6.07) is 9.13. The largest absolute Gasteiger partial charge is 0.480 e. The number of piperidine rings is 1. The summed E-state index contributed by atoms with van der Waals surface area (Å²) in [7, 11) is 1.45. The Kier molecular flexibility index (Phi) is 16.4. The molecule has 1 aliphatic rings. The van der Waals surface area contributed by atoms with Gasteiger partial charge in [-0.3, -0.25) is 24.7 Å². The number of pyridine rings is 1. The van der Waals surface area contributed by atoms with Gasteiger partial charge in [0, 0.05) is 50.1 Å². The number of ether oxygens (including phenoxy) is 2. The van der Waals surface area contributed by atoms with Gasteiger partial charge in [-0.15, -0.1) is 0 Å². The molecular weight excluding hydrogens is 586 g/mol. The van der Waals surface area contributed by atoms with Crippen molar-refractivity contribution in [2.75, 3.05) is 26.5 Å². The number of para-hydroxylation sites is 1. The zero-order valence-electron chi connectivity index (χ0n) is 25.8.